The maximum absolute atomic E-state index is 4.67. The molecule has 3 aromatic rings. The molecule has 21 heavy (non-hydrogen) atoms. The van der Waals surface area contributed by atoms with E-state index in [-0.39, 0.29) is 0 Å². The van der Waals surface area contributed by atoms with Crippen molar-refractivity contribution in [2.75, 3.05) is 6.54 Å². The van der Waals surface area contributed by atoms with Crippen LogP contribution in [0.5, 0.6) is 0 Å². The third kappa shape index (κ3) is 3.56. The fraction of sp³-hybridized carbons (Fsp3) is 0.250. The van der Waals surface area contributed by atoms with Gasteiger partial charge in [0.15, 0.2) is 0 Å². The molecule has 1 aromatic carbocycles. The zero-order valence-corrected chi connectivity index (χ0v) is 12.8. The van der Waals surface area contributed by atoms with Crippen LogP contribution >= 0.6 is 11.3 Å². The molecule has 0 saturated carbocycles. The molecular formula is C16H18N4S. The van der Waals surface area contributed by atoms with Gasteiger partial charge in [-0.15, -0.1) is 11.3 Å². The topological polar surface area (TPSA) is 42.7 Å². The monoisotopic (exact) mass is 298 g/mol. The van der Waals surface area contributed by atoms with Gasteiger partial charge in [-0.25, -0.2) is 4.98 Å². The quantitative estimate of drug-likeness (QED) is 0.712. The number of rotatable bonds is 6. The highest BCUT2D eigenvalue weighted by molar-refractivity contribution is 7.09. The minimum atomic E-state index is 0.815. The van der Waals surface area contributed by atoms with Crippen LogP contribution in [0.15, 0.2) is 48.0 Å². The third-order valence-corrected chi connectivity index (χ3v) is 4.23. The predicted octanol–water partition coefficient (Wildman–Crippen LogP) is 2.88. The SMILES string of the molecule is Cn1nccc1CCNCc1nc(-c2ccccc2)cs1. The lowest BCUT2D eigenvalue weighted by atomic mass is 10.2. The normalized spacial score (nSPS) is 10.9. The van der Waals surface area contributed by atoms with Crippen LogP contribution in [0.25, 0.3) is 11.3 Å². The van der Waals surface area contributed by atoms with Crippen LogP contribution in [0.4, 0.5) is 0 Å². The Balaban J connectivity index is 1.50. The van der Waals surface area contributed by atoms with Gasteiger partial charge in [0.2, 0.25) is 0 Å². The first-order chi connectivity index (χ1) is 10.3. The van der Waals surface area contributed by atoms with Crippen LogP contribution in [-0.4, -0.2) is 21.3 Å². The van der Waals surface area contributed by atoms with Crippen molar-refractivity contribution >= 4 is 11.3 Å². The smallest absolute Gasteiger partial charge is 0.107 e. The van der Waals surface area contributed by atoms with Gasteiger partial charge in [0.25, 0.3) is 0 Å². The Bertz CT molecular complexity index is 687. The molecule has 0 bridgehead atoms. The van der Waals surface area contributed by atoms with Crippen molar-refractivity contribution in [2.45, 2.75) is 13.0 Å². The number of nitrogens with one attached hydrogen (secondary N) is 1. The van der Waals surface area contributed by atoms with Crippen LogP contribution < -0.4 is 5.32 Å². The first kappa shape index (κ1) is 14.0. The number of nitrogens with zero attached hydrogens (tertiary/aromatic N) is 3. The summed E-state index contributed by atoms with van der Waals surface area (Å²) in [6.45, 7) is 1.75. The van der Waals surface area contributed by atoms with E-state index in [1.54, 1.807) is 11.3 Å². The van der Waals surface area contributed by atoms with E-state index < -0.39 is 0 Å². The van der Waals surface area contributed by atoms with Crippen molar-refractivity contribution in [2.24, 2.45) is 7.05 Å². The summed E-state index contributed by atoms with van der Waals surface area (Å²) in [5, 5.41) is 10.9. The van der Waals surface area contributed by atoms with Gasteiger partial charge in [0, 0.05) is 49.4 Å². The zero-order chi connectivity index (χ0) is 14.5. The molecule has 1 N–H and O–H groups in total. The van der Waals surface area contributed by atoms with E-state index in [1.807, 2.05) is 36.1 Å². The molecule has 0 fully saturated rings. The molecule has 4 nitrogen and oxygen atoms in total. The summed E-state index contributed by atoms with van der Waals surface area (Å²) in [5.74, 6) is 0. The van der Waals surface area contributed by atoms with Gasteiger partial charge in [-0.3, -0.25) is 4.68 Å². The van der Waals surface area contributed by atoms with Gasteiger partial charge < -0.3 is 5.32 Å². The zero-order valence-electron chi connectivity index (χ0n) is 12.0. The summed E-state index contributed by atoms with van der Waals surface area (Å²) in [7, 11) is 1.97. The first-order valence-corrected chi connectivity index (χ1v) is 7.88. The number of hydrogen-bond acceptors (Lipinski definition) is 4. The van der Waals surface area contributed by atoms with E-state index in [0.717, 1.165) is 30.2 Å². The van der Waals surface area contributed by atoms with Gasteiger partial charge in [0.1, 0.15) is 5.01 Å². The van der Waals surface area contributed by atoms with Gasteiger partial charge >= 0.3 is 0 Å². The third-order valence-electron chi connectivity index (χ3n) is 3.38. The highest BCUT2D eigenvalue weighted by Gasteiger charge is 2.04. The average Bonchev–Trinajstić information content (AvgIpc) is 3.14. The number of aryl methyl sites for hydroxylation is 1. The molecular weight excluding hydrogens is 280 g/mol. The molecule has 3 rings (SSSR count). The van der Waals surface area contributed by atoms with Crippen LogP contribution in [0.2, 0.25) is 0 Å². The van der Waals surface area contributed by atoms with Crippen molar-refractivity contribution in [3.63, 3.8) is 0 Å². The Morgan fingerprint density at radius 1 is 1.19 bits per heavy atom. The van der Waals surface area contributed by atoms with Crippen LogP contribution in [0, 0.1) is 0 Å². The lowest BCUT2D eigenvalue weighted by Crippen LogP contribution is -2.17. The van der Waals surface area contributed by atoms with Crippen molar-refractivity contribution < 1.29 is 0 Å². The van der Waals surface area contributed by atoms with Crippen molar-refractivity contribution in [1.82, 2.24) is 20.1 Å². The molecule has 0 aliphatic carbocycles. The summed E-state index contributed by atoms with van der Waals surface area (Å²) < 4.78 is 1.92. The molecule has 108 valence electrons. The second kappa shape index (κ2) is 6.65. The number of thiazole rings is 1. The van der Waals surface area contributed by atoms with E-state index in [2.05, 4.69) is 39.0 Å². The Labute approximate surface area is 128 Å². The number of aromatic nitrogens is 3. The van der Waals surface area contributed by atoms with Crippen molar-refractivity contribution in [3.05, 3.63) is 58.7 Å². The molecule has 0 atom stereocenters. The molecule has 0 radical (unpaired) electrons. The van der Waals surface area contributed by atoms with Crippen molar-refractivity contribution in [3.8, 4) is 11.3 Å². The molecule has 0 aliphatic rings. The van der Waals surface area contributed by atoms with E-state index in [4.69, 9.17) is 0 Å². The molecule has 0 unspecified atom stereocenters. The first-order valence-electron chi connectivity index (χ1n) is 7.00. The van der Waals surface area contributed by atoms with Crippen LogP contribution in [0.3, 0.4) is 0 Å². The van der Waals surface area contributed by atoms with Gasteiger partial charge in [-0.2, -0.15) is 5.10 Å². The molecule has 0 aliphatic heterocycles. The molecule has 5 heteroatoms. The van der Waals surface area contributed by atoms with Gasteiger partial charge in [-0.05, 0) is 6.07 Å². The Hall–Kier alpha value is -1.98. The fourth-order valence-corrected chi connectivity index (χ4v) is 2.96. The Kier molecular flexibility index (Phi) is 4.43. The summed E-state index contributed by atoms with van der Waals surface area (Å²) in [6, 6.07) is 12.3. The van der Waals surface area contributed by atoms with E-state index >= 15 is 0 Å². The molecule has 2 aromatic heterocycles. The highest BCUT2D eigenvalue weighted by Crippen LogP contribution is 2.21. The lowest BCUT2D eigenvalue weighted by molar-refractivity contribution is 0.642. The van der Waals surface area contributed by atoms with E-state index in [0.29, 0.717) is 0 Å². The second-order valence-electron chi connectivity index (χ2n) is 4.87. The van der Waals surface area contributed by atoms with Crippen LogP contribution in [-0.2, 0) is 20.0 Å². The fourth-order valence-electron chi connectivity index (χ4n) is 2.19. The van der Waals surface area contributed by atoms with Crippen molar-refractivity contribution in [1.29, 1.82) is 0 Å². The second-order valence-corrected chi connectivity index (χ2v) is 5.81. The summed E-state index contributed by atoms with van der Waals surface area (Å²) in [4.78, 5) is 4.67. The number of benzene rings is 1. The standard InChI is InChI=1S/C16H18N4S/c1-20-14(8-10-18-20)7-9-17-11-16-19-15(12-21-16)13-5-3-2-4-6-13/h2-6,8,10,12,17H,7,9,11H2,1H3. The van der Waals surface area contributed by atoms with E-state index in [1.165, 1.54) is 11.3 Å². The molecule has 2 heterocycles. The molecule has 0 amide bonds. The van der Waals surface area contributed by atoms with E-state index in [9.17, 15) is 0 Å². The summed E-state index contributed by atoms with van der Waals surface area (Å²) >= 11 is 1.70. The Morgan fingerprint density at radius 3 is 2.81 bits per heavy atom. The largest absolute Gasteiger partial charge is 0.310 e. The summed E-state index contributed by atoms with van der Waals surface area (Å²) in [5.41, 5.74) is 3.48. The average molecular weight is 298 g/mol. The maximum atomic E-state index is 4.67. The summed E-state index contributed by atoms with van der Waals surface area (Å²) in [6.07, 6.45) is 2.82. The van der Waals surface area contributed by atoms with Gasteiger partial charge in [-0.1, -0.05) is 30.3 Å². The minimum absolute atomic E-state index is 0.815. The molecule has 0 spiro atoms. The Morgan fingerprint density at radius 2 is 2.05 bits per heavy atom. The number of hydrogen-bond donors (Lipinski definition) is 1. The maximum Gasteiger partial charge on any atom is 0.107 e. The van der Waals surface area contributed by atoms with Crippen LogP contribution in [0.1, 0.15) is 10.7 Å². The highest BCUT2D eigenvalue weighted by atomic mass is 32.1. The predicted molar refractivity (Wildman–Crippen MR) is 86.2 cm³/mol. The minimum Gasteiger partial charge on any atom is -0.310 e. The molecule has 0 saturated heterocycles. The lowest BCUT2D eigenvalue weighted by Gasteiger charge is -2.03. The van der Waals surface area contributed by atoms with Gasteiger partial charge in [0.05, 0.1) is 5.69 Å².